The van der Waals surface area contributed by atoms with Gasteiger partial charge >= 0.3 is 0 Å². The third-order valence-electron chi connectivity index (χ3n) is 11.2. The fraction of sp³-hybridized carbons (Fsp3) is 0. The Kier molecular flexibility index (Phi) is 6.47. The highest BCUT2D eigenvalue weighted by atomic mass is 32.1. The molecule has 0 spiro atoms. The maximum absolute atomic E-state index is 5.32. The fourth-order valence-corrected chi connectivity index (χ4v) is 10.0. The van der Waals surface area contributed by atoms with Gasteiger partial charge < -0.3 is 4.57 Å². The highest BCUT2D eigenvalue weighted by Crippen LogP contribution is 2.44. The molecule has 0 saturated carbocycles. The normalized spacial score (nSPS) is 12.0. The minimum absolute atomic E-state index is 0.660. The van der Waals surface area contributed by atoms with Crippen LogP contribution in [0.1, 0.15) is 0 Å². The summed E-state index contributed by atoms with van der Waals surface area (Å²) >= 11 is 1.83. The summed E-state index contributed by atoms with van der Waals surface area (Å²) in [5, 5.41) is 9.80. The van der Waals surface area contributed by atoms with Crippen molar-refractivity contribution in [3.63, 3.8) is 0 Å². The average molecular weight is 719 g/mol. The molecule has 0 N–H and O–H groups in total. The summed E-state index contributed by atoms with van der Waals surface area (Å²) in [6, 6.07) is 63.4. The SMILES string of the molecule is c1ccc(-c2ccc3c(-n4c5ccccc5c5c6c7ccccc7n(-c7nccc(-c8cccc9c8sc8ccccc89)n7)c6ccc54)cccc3c2)cc1. The largest absolute Gasteiger partial charge is 0.309 e. The molecule has 0 bridgehead atoms. The average Bonchev–Trinajstić information content (AvgIpc) is 3.91. The smallest absolute Gasteiger partial charge is 0.235 e. The highest BCUT2D eigenvalue weighted by Gasteiger charge is 2.22. The summed E-state index contributed by atoms with van der Waals surface area (Å²) in [6.45, 7) is 0. The molecular formula is C50H30N4S. The first-order valence-corrected chi connectivity index (χ1v) is 19.4. The van der Waals surface area contributed by atoms with Gasteiger partial charge in [0.15, 0.2) is 0 Å². The summed E-state index contributed by atoms with van der Waals surface area (Å²) in [5.41, 5.74) is 10.1. The van der Waals surface area contributed by atoms with Gasteiger partial charge in [-0.05, 0) is 65.0 Å². The minimum Gasteiger partial charge on any atom is -0.309 e. The van der Waals surface area contributed by atoms with Crippen molar-refractivity contribution in [2.75, 3.05) is 0 Å². The van der Waals surface area contributed by atoms with Crippen LogP contribution in [-0.4, -0.2) is 19.1 Å². The molecule has 0 saturated heterocycles. The van der Waals surface area contributed by atoms with Crippen LogP contribution in [0.5, 0.6) is 0 Å². The Morgan fingerprint density at radius 2 is 1.11 bits per heavy atom. The van der Waals surface area contributed by atoms with Crippen molar-refractivity contribution in [1.82, 2.24) is 19.1 Å². The summed E-state index contributed by atoms with van der Waals surface area (Å²) < 4.78 is 7.22. The van der Waals surface area contributed by atoms with E-state index in [9.17, 15) is 0 Å². The highest BCUT2D eigenvalue weighted by molar-refractivity contribution is 7.26. The summed E-state index contributed by atoms with van der Waals surface area (Å²) in [7, 11) is 0. The van der Waals surface area contributed by atoms with E-state index in [4.69, 9.17) is 9.97 Å². The van der Waals surface area contributed by atoms with Crippen molar-refractivity contribution in [1.29, 1.82) is 0 Å². The molecule has 8 aromatic carbocycles. The lowest BCUT2D eigenvalue weighted by molar-refractivity contribution is 0.993. The summed E-state index contributed by atoms with van der Waals surface area (Å²) in [4.78, 5) is 10.3. The lowest BCUT2D eigenvalue weighted by atomic mass is 10.0. The second-order valence-corrected chi connectivity index (χ2v) is 15.2. The molecule has 256 valence electrons. The van der Waals surface area contributed by atoms with Crippen LogP contribution >= 0.6 is 11.3 Å². The van der Waals surface area contributed by atoms with Gasteiger partial charge in [-0.1, -0.05) is 127 Å². The van der Waals surface area contributed by atoms with Gasteiger partial charge in [-0.25, -0.2) is 9.97 Å². The van der Waals surface area contributed by atoms with Gasteiger partial charge in [-0.15, -0.1) is 11.3 Å². The molecule has 0 atom stereocenters. The quantitative estimate of drug-likeness (QED) is 0.182. The molecule has 4 nitrogen and oxygen atoms in total. The van der Waals surface area contributed by atoms with E-state index in [1.165, 1.54) is 74.6 Å². The van der Waals surface area contributed by atoms with Gasteiger partial charge in [-0.2, -0.15) is 0 Å². The number of rotatable bonds is 4. The zero-order chi connectivity index (χ0) is 36.0. The van der Waals surface area contributed by atoms with Crippen molar-refractivity contribution in [3.05, 3.63) is 182 Å². The Balaban J connectivity index is 1.10. The maximum atomic E-state index is 5.32. The molecule has 12 rings (SSSR count). The van der Waals surface area contributed by atoms with E-state index in [0.29, 0.717) is 5.95 Å². The monoisotopic (exact) mass is 718 g/mol. The zero-order valence-corrected chi connectivity index (χ0v) is 30.3. The number of para-hydroxylation sites is 2. The molecule has 0 unspecified atom stereocenters. The third-order valence-corrected chi connectivity index (χ3v) is 12.4. The number of aromatic nitrogens is 4. The lowest BCUT2D eigenvalue weighted by Crippen LogP contribution is -2.01. The van der Waals surface area contributed by atoms with Crippen LogP contribution in [0.15, 0.2) is 182 Å². The molecule has 0 fully saturated rings. The first kappa shape index (κ1) is 30.4. The molecule has 0 aliphatic rings. The van der Waals surface area contributed by atoms with Gasteiger partial charge in [0.2, 0.25) is 5.95 Å². The van der Waals surface area contributed by atoms with Gasteiger partial charge in [0.05, 0.1) is 33.4 Å². The van der Waals surface area contributed by atoms with Gasteiger partial charge in [0.1, 0.15) is 0 Å². The predicted molar refractivity (Wildman–Crippen MR) is 232 cm³/mol. The number of thiophene rings is 1. The molecule has 12 aromatic rings. The molecule has 0 aliphatic heterocycles. The number of nitrogens with zero attached hydrogens (tertiary/aromatic N) is 4. The van der Waals surface area contributed by atoms with Crippen LogP contribution in [0, 0.1) is 0 Å². The van der Waals surface area contributed by atoms with E-state index in [-0.39, 0.29) is 0 Å². The summed E-state index contributed by atoms with van der Waals surface area (Å²) in [5.74, 6) is 0.660. The first-order valence-electron chi connectivity index (χ1n) is 18.6. The summed E-state index contributed by atoms with van der Waals surface area (Å²) in [6.07, 6.45) is 1.90. The molecule has 4 heterocycles. The Morgan fingerprint density at radius 1 is 0.436 bits per heavy atom. The number of hydrogen-bond donors (Lipinski definition) is 0. The van der Waals surface area contributed by atoms with Crippen molar-refractivity contribution in [2.24, 2.45) is 0 Å². The van der Waals surface area contributed by atoms with Crippen LogP contribution < -0.4 is 0 Å². The van der Waals surface area contributed by atoms with E-state index in [0.717, 1.165) is 28.0 Å². The second kappa shape index (κ2) is 11.7. The Morgan fingerprint density at radius 3 is 1.93 bits per heavy atom. The van der Waals surface area contributed by atoms with Crippen LogP contribution in [-0.2, 0) is 0 Å². The maximum Gasteiger partial charge on any atom is 0.235 e. The van der Waals surface area contributed by atoms with E-state index in [1.807, 2.05) is 23.6 Å². The molecule has 55 heavy (non-hydrogen) atoms. The van der Waals surface area contributed by atoms with Crippen LogP contribution in [0.2, 0.25) is 0 Å². The number of fused-ring (bicyclic) bond motifs is 11. The third kappa shape index (κ3) is 4.45. The van der Waals surface area contributed by atoms with E-state index in [2.05, 4.69) is 179 Å². The minimum atomic E-state index is 0.660. The van der Waals surface area contributed by atoms with Crippen molar-refractivity contribution < 1.29 is 0 Å². The number of benzene rings is 8. The lowest BCUT2D eigenvalue weighted by Gasteiger charge is -2.13. The molecule has 4 aromatic heterocycles. The Hall–Kier alpha value is -7.08. The molecular weight excluding hydrogens is 689 g/mol. The predicted octanol–water partition coefficient (Wildman–Crippen LogP) is 13.5. The van der Waals surface area contributed by atoms with Gasteiger partial charge in [0, 0.05) is 58.9 Å². The standard InChI is InChI=1S/C50H30N4S/c1-2-12-31(13-3-1)32-24-25-34-33(30-32)14-10-22-41(34)53-42-20-7-4-16-38(42)47-44(53)26-27-45-48(47)39-17-5-8-21-43(39)54(45)50-51-29-28-40(52-50)37-19-11-18-36-35-15-6-9-23-46(35)55-49(36)37/h1-30H. The van der Waals surface area contributed by atoms with Crippen molar-refractivity contribution >= 4 is 85.9 Å². The van der Waals surface area contributed by atoms with Crippen LogP contribution in [0.3, 0.4) is 0 Å². The molecule has 5 heteroatoms. The topological polar surface area (TPSA) is 35.6 Å². The second-order valence-electron chi connectivity index (χ2n) is 14.2. The van der Waals surface area contributed by atoms with E-state index < -0.39 is 0 Å². The number of hydrogen-bond acceptors (Lipinski definition) is 3. The van der Waals surface area contributed by atoms with Crippen LogP contribution in [0.25, 0.3) is 109 Å². The van der Waals surface area contributed by atoms with Gasteiger partial charge in [-0.3, -0.25) is 4.57 Å². The zero-order valence-electron chi connectivity index (χ0n) is 29.5. The van der Waals surface area contributed by atoms with Crippen molar-refractivity contribution in [2.45, 2.75) is 0 Å². The molecule has 0 aliphatic carbocycles. The molecule has 0 amide bonds. The van der Waals surface area contributed by atoms with Gasteiger partial charge in [0.25, 0.3) is 0 Å². The van der Waals surface area contributed by atoms with E-state index in [1.54, 1.807) is 0 Å². The first-order chi connectivity index (χ1) is 27.3. The Bertz CT molecular complexity index is 3500. The van der Waals surface area contributed by atoms with Crippen molar-refractivity contribution in [3.8, 4) is 34.0 Å². The Labute approximate surface area is 319 Å². The fourth-order valence-electron chi connectivity index (χ4n) is 8.82. The van der Waals surface area contributed by atoms with E-state index >= 15 is 0 Å². The van der Waals surface area contributed by atoms with Crippen LogP contribution in [0.4, 0.5) is 0 Å². The molecule has 0 radical (unpaired) electrons.